The highest BCUT2D eigenvalue weighted by molar-refractivity contribution is 8.14. The van der Waals surface area contributed by atoms with Crippen LogP contribution in [0, 0.1) is 5.41 Å². The molecule has 0 aliphatic carbocycles. The lowest BCUT2D eigenvalue weighted by molar-refractivity contribution is -0.132. The van der Waals surface area contributed by atoms with Gasteiger partial charge < -0.3 is 14.4 Å². The number of carbonyl (C=O) groups is 3. The summed E-state index contributed by atoms with van der Waals surface area (Å²) in [4.78, 5) is 46.2. The molecule has 11 heteroatoms. The molecule has 2 aliphatic heterocycles. The van der Waals surface area contributed by atoms with Crippen molar-refractivity contribution in [2.24, 2.45) is 9.98 Å². The summed E-state index contributed by atoms with van der Waals surface area (Å²) < 4.78 is 10.5. The maximum absolute atomic E-state index is 12.3. The van der Waals surface area contributed by atoms with E-state index < -0.39 is 17.6 Å². The molecule has 2 N–H and O–H groups in total. The van der Waals surface area contributed by atoms with Gasteiger partial charge in [0, 0.05) is 18.7 Å². The molecule has 0 saturated carbocycles. The first-order valence-electron chi connectivity index (χ1n) is 9.31. The second kappa shape index (κ2) is 10.1. The van der Waals surface area contributed by atoms with Gasteiger partial charge in [-0.05, 0) is 31.2 Å². The lowest BCUT2D eigenvalue weighted by atomic mass is 10.2. The molecular weight excluding hydrogens is 410 g/mol. The van der Waals surface area contributed by atoms with Crippen LogP contribution in [0.1, 0.15) is 17.3 Å². The van der Waals surface area contributed by atoms with Gasteiger partial charge in [-0.1, -0.05) is 11.8 Å². The molecule has 158 valence electrons. The van der Waals surface area contributed by atoms with Crippen LogP contribution in [0.3, 0.4) is 0 Å². The van der Waals surface area contributed by atoms with Crippen LogP contribution in [-0.2, 0) is 14.3 Å². The summed E-state index contributed by atoms with van der Waals surface area (Å²) in [5, 5.41) is 10.6. The van der Waals surface area contributed by atoms with E-state index in [2.05, 4.69) is 15.3 Å². The number of amidine groups is 2. The largest absolute Gasteiger partial charge is 0.494 e. The molecule has 1 aromatic rings. The molecule has 0 atom stereocenters. The van der Waals surface area contributed by atoms with E-state index in [1.807, 2.05) is 6.92 Å². The van der Waals surface area contributed by atoms with Crippen molar-refractivity contribution in [3.8, 4) is 5.75 Å². The molecule has 1 fully saturated rings. The smallest absolute Gasteiger partial charge is 0.279 e. The van der Waals surface area contributed by atoms with Crippen molar-refractivity contribution in [1.29, 1.82) is 5.41 Å². The number of rotatable bonds is 5. The number of ether oxygens (including phenoxy) is 2. The molecule has 10 nitrogen and oxygen atoms in total. The molecule has 3 amide bonds. The Kier molecular flexibility index (Phi) is 7.31. The Morgan fingerprint density at radius 2 is 2.00 bits per heavy atom. The third-order valence-corrected chi connectivity index (χ3v) is 5.05. The van der Waals surface area contributed by atoms with Crippen LogP contribution in [-0.4, -0.2) is 78.0 Å². The first kappa shape index (κ1) is 21.7. The third kappa shape index (κ3) is 5.51. The minimum atomic E-state index is -0.712. The molecule has 1 saturated heterocycles. The highest BCUT2D eigenvalue weighted by Gasteiger charge is 2.27. The number of benzene rings is 1. The number of nitrogens with one attached hydrogen (secondary N) is 2. The van der Waals surface area contributed by atoms with Gasteiger partial charge in [-0.15, -0.1) is 0 Å². The van der Waals surface area contributed by atoms with Crippen LogP contribution in [0.25, 0.3) is 0 Å². The van der Waals surface area contributed by atoms with Crippen molar-refractivity contribution in [2.75, 3.05) is 38.7 Å². The van der Waals surface area contributed by atoms with Gasteiger partial charge in [0.15, 0.2) is 16.7 Å². The fraction of sp³-hybridized carbons (Fsp3) is 0.368. The Labute approximate surface area is 177 Å². The zero-order valence-corrected chi connectivity index (χ0v) is 17.2. The minimum absolute atomic E-state index is 0.0734. The summed E-state index contributed by atoms with van der Waals surface area (Å²) in [7, 11) is 0. The highest BCUT2D eigenvalue weighted by atomic mass is 32.2. The Morgan fingerprint density at radius 3 is 2.63 bits per heavy atom. The van der Waals surface area contributed by atoms with Gasteiger partial charge in [-0.2, -0.15) is 4.99 Å². The number of hydrogen-bond donors (Lipinski definition) is 2. The summed E-state index contributed by atoms with van der Waals surface area (Å²) >= 11 is 1.02. The molecule has 3 rings (SSSR count). The topological polar surface area (TPSA) is 134 Å². The molecule has 30 heavy (non-hydrogen) atoms. The van der Waals surface area contributed by atoms with Crippen molar-refractivity contribution < 1.29 is 23.9 Å². The molecule has 2 heterocycles. The number of morpholine rings is 1. The number of carbonyl (C=O) groups excluding carboxylic acids is 3. The fourth-order valence-corrected chi connectivity index (χ4v) is 3.44. The van der Waals surface area contributed by atoms with E-state index in [1.165, 1.54) is 12.1 Å². The van der Waals surface area contributed by atoms with Crippen LogP contribution >= 0.6 is 11.8 Å². The first-order chi connectivity index (χ1) is 14.5. The standard InChI is InChI=1S/C19H21N5O5S/c1-2-29-13-5-3-12(4-6-13)17(26)21-15-16(20)22-19(23-18(15)27)30-11-14(25)24-7-9-28-10-8-24/h3-6H,2,7-11H2,1H3,(H2,20,22,23,27). The summed E-state index contributed by atoms with van der Waals surface area (Å²) in [6.45, 7) is 4.41. The summed E-state index contributed by atoms with van der Waals surface area (Å²) in [6, 6.07) is 6.32. The normalized spacial score (nSPS) is 18.1. The van der Waals surface area contributed by atoms with Gasteiger partial charge in [-0.3, -0.25) is 25.1 Å². The van der Waals surface area contributed by atoms with Crippen LogP contribution in [0.4, 0.5) is 0 Å². The van der Waals surface area contributed by atoms with Crippen LogP contribution < -0.4 is 10.1 Å². The van der Waals surface area contributed by atoms with E-state index in [0.717, 1.165) is 11.8 Å². The third-order valence-electron chi connectivity index (χ3n) is 4.19. The van der Waals surface area contributed by atoms with Gasteiger partial charge in [0.2, 0.25) is 5.91 Å². The maximum atomic E-state index is 12.3. The van der Waals surface area contributed by atoms with Crippen molar-refractivity contribution in [3.63, 3.8) is 0 Å². The van der Waals surface area contributed by atoms with Crippen molar-refractivity contribution in [2.45, 2.75) is 6.92 Å². The fourth-order valence-electron chi connectivity index (χ4n) is 2.68. The second-order valence-electron chi connectivity index (χ2n) is 6.22. The molecule has 2 aliphatic rings. The van der Waals surface area contributed by atoms with E-state index in [4.69, 9.17) is 14.9 Å². The van der Waals surface area contributed by atoms with E-state index in [1.54, 1.807) is 17.0 Å². The van der Waals surface area contributed by atoms with Gasteiger partial charge in [0.05, 0.1) is 25.6 Å². The molecule has 0 radical (unpaired) electrons. The van der Waals surface area contributed by atoms with Crippen LogP contribution in [0.5, 0.6) is 5.75 Å². The number of nitrogens with zero attached hydrogens (tertiary/aromatic N) is 3. The number of aliphatic imine (C=N–C) groups is 2. The Bertz CT molecular complexity index is 906. The van der Waals surface area contributed by atoms with Gasteiger partial charge in [0.1, 0.15) is 5.75 Å². The van der Waals surface area contributed by atoms with Crippen LogP contribution in [0.15, 0.2) is 34.3 Å². The Balaban J connectivity index is 1.62. The van der Waals surface area contributed by atoms with E-state index >= 15 is 0 Å². The maximum Gasteiger partial charge on any atom is 0.279 e. The monoisotopic (exact) mass is 431 g/mol. The second-order valence-corrected chi connectivity index (χ2v) is 7.19. The Morgan fingerprint density at radius 1 is 1.30 bits per heavy atom. The molecular formula is C19H21N5O5S. The average molecular weight is 431 g/mol. The van der Waals surface area contributed by atoms with Crippen molar-refractivity contribution >= 4 is 46.2 Å². The van der Waals surface area contributed by atoms with Gasteiger partial charge >= 0.3 is 0 Å². The molecule has 1 aromatic carbocycles. The highest BCUT2D eigenvalue weighted by Crippen LogP contribution is 2.14. The van der Waals surface area contributed by atoms with E-state index in [-0.39, 0.29) is 28.1 Å². The first-order valence-corrected chi connectivity index (χ1v) is 10.3. The van der Waals surface area contributed by atoms with Crippen molar-refractivity contribution in [1.82, 2.24) is 10.2 Å². The Hall–Kier alpha value is -3.05. The van der Waals surface area contributed by atoms with E-state index in [9.17, 15) is 14.4 Å². The number of hydrogen-bond acceptors (Lipinski definition) is 7. The van der Waals surface area contributed by atoms with Gasteiger partial charge in [0.25, 0.3) is 11.8 Å². The summed E-state index contributed by atoms with van der Waals surface area (Å²) in [6.07, 6.45) is 0. The minimum Gasteiger partial charge on any atom is -0.494 e. The number of amides is 3. The zero-order valence-electron chi connectivity index (χ0n) is 16.3. The summed E-state index contributed by atoms with van der Waals surface area (Å²) in [5.41, 5.74) is -0.121. The van der Waals surface area contributed by atoms with Crippen LogP contribution in [0.2, 0.25) is 0 Å². The molecule has 0 unspecified atom stereocenters. The lowest BCUT2D eigenvalue weighted by Crippen LogP contribution is -2.45. The molecule has 0 aromatic heterocycles. The average Bonchev–Trinajstić information content (AvgIpc) is 2.76. The quantitative estimate of drug-likeness (QED) is 0.706. The summed E-state index contributed by atoms with van der Waals surface area (Å²) in [5.74, 6) is -1.22. The molecule has 0 bridgehead atoms. The zero-order chi connectivity index (χ0) is 21.5. The lowest BCUT2D eigenvalue weighted by Gasteiger charge is -2.26. The van der Waals surface area contributed by atoms with Gasteiger partial charge in [-0.25, -0.2) is 4.99 Å². The molecule has 0 spiro atoms. The van der Waals surface area contributed by atoms with Crippen molar-refractivity contribution in [3.05, 3.63) is 29.8 Å². The SMILES string of the molecule is CCOc1ccc(C(=O)N=C2C(=N)N=C(SCC(=O)N3CCOCC3)NC2=O)cc1. The predicted octanol–water partition coefficient (Wildman–Crippen LogP) is 0.722. The van der Waals surface area contributed by atoms with E-state index in [0.29, 0.717) is 38.7 Å². The number of thioether (sulfide) groups is 1. The predicted molar refractivity (Wildman–Crippen MR) is 113 cm³/mol.